The molecule has 5 nitrogen and oxygen atoms in total. The van der Waals surface area contributed by atoms with Crippen LogP contribution in [0, 0.1) is 0 Å². The fourth-order valence-electron chi connectivity index (χ4n) is 1.94. The molecule has 0 aromatic rings. The molecule has 0 aliphatic carbocycles. The number of halogens is 3. The van der Waals surface area contributed by atoms with Crippen LogP contribution in [0.25, 0.3) is 0 Å². The Bertz CT molecular complexity index is 373. The molecule has 2 N–H and O–H groups in total. The van der Waals surface area contributed by atoms with Crippen LogP contribution in [0.5, 0.6) is 0 Å². The van der Waals surface area contributed by atoms with E-state index in [9.17, 15) is 21.6 Å². The summed E-state index contributed by atoms with van der Waals surface area (Å²) in [6.07, 6.45) is -2.13. The van der Waals surface area contributed by atoms with Crippen LogP contribution in [-0.2, 0) is 10.2 Å². The van der Waals surface area contributed by atoms with Gasteiger partial charge in [0.05, 0.1) is 0 Å². The van der Waals surface area contributed by atoms with E-state index in [4.69, 9.17) is 0 Å². The predicted molar refractivity (Wildman–Crippen MR) is 65.9 cm³/mol. The van der Waals surface area contributed by atoms with Crippen LogP contribution in [0.4, 0.5) is 13.2 Å². The van der Waals surface area contributed by atoms with Gasteiger partial charge < -0.3 is 5.32 Å². The first kappa shape index (κ1) is 16.7. The first-order chi connectivity index (χ1) is 8.74. The van der Waals surface area contributed by atoms with E-state index < -0.39 is 22.9 Å². The number of hydrogen-bond acceptors (Lipinski definition) is 3. The third-order valence-corrected chi connectivity index (χ3v) is 4.38. The highest BCUT2D eigenvalue weighted by Crippen LogP contribution is 2.16. The second-order valence-corrected chi connectivity index (χ2v) is 6.35. The molecule has 1 atom stereocenters. The molecule has 114 valence electrons. The lowest BCUT2D eigenvalue weighted by atomic mass is 10.1. The molecule has 0 amide bonds. The Morgan fingerprint density at radius 3 is 2.63 bits per heavy atom. The summed E-state index contributed by atoms with van der Waals surface area (Å²) in [5, 5.41) is 3.19. The Morgan fingerprint density at radius 2 is 2.05 bits per heavy atom. The van der Waals surface area contributed by atoms with Gasteiger partial charge in [0.15, 0.2) is 0 Å². The molecule has 0 bridgehead atoms. The highest BCUT2D eigenvalue weighted by Gasteiger charge is 2.33. The standard InChI is InChI=1S/C10H20F3N3O2S/c1-2-5-14-9-4-3-6-16(7-9)19(17,18)15-8-10(11,12)13/h9,14-15H,2-8H2,1H3. The lowest BCUT2D eigenvalue weighted by Gasteiger charge is -2.32. The van der Waals surface area contributed by atoms with E-state index in [0.717, 1.165) is 23.7 Å². The van der Waals surface area contributed by atoms with Gasteiger partial charge in [0.2, 0.25) is 0 Å². The molecule has 1 unspecified atom stereocenters. The van der Waals surface area contributed by atoms with E-state index in [2.05, 4.69) is 5.32 Å². The van der Waals surface area contributed by atoms with Crippen LogP contribution >= 0.6 is 0 Å². The molecule has 1 fully saturated rings. The van der Waals surface area contributed by atoms with E-state index in [0.29, 0.717) is 6.42 Å². The van der Waals surface area contributed by atoms with Crippen molar-refractivity contribution < 1.29 is 21.6 Å². The van der Waals surface area contributed by atoms with Crippen LogP contribution in [0.1, 0.15) is 26.2 Å². The van der Waals surface area contributed by atoms with E-state index in [1.165, 1.54) is 0 Å². The summed E-state index contributed by atoms with van der Waals surface area (Å²) in [5.74, 6) is 0. The lowest BCUT2D eigenvalue weighted by molar-refractivity contribution is -0.121. The number of alkyl halides is 3. The third-order valence-electron chi connectivity index (χ3n) is 2.86. The molecule has 1 saturated heterocycles. The normalized spacial score (nSPS) is 22.6. The Labute approximate surface area is 111 Å². The maximum atomic E-state index is 12.0. The summed E-state index contributed by atoms with van der Waals surface area (Å²) in [6.45, 7) is 1.72. The first-order valence-corrected chi connectivity index (χ1v) is 7.73. The highest BCUT2D eigenvalue weighted by atomic mass is 32.2. The molecular formula is C10H20F3N3O2S. The maximum absolute atomic E-state index is 12.0. The molecular weight excluding hydrogens is 283 g/mol. The van der Waals surface area contributed by atoms with Gasteiger partial charge in [0.1, 0.15) is 6.54 Å². The van der Waals surface area contributed by atoms with Gasteiger partial charge in [-0.25, -0.2) is 0 Å². The second-order valence-electron chi connectivity index (χ2n) is 4.59. The van der Waals surface area contributed by atoms with Crippen molar-refractivity contribution in [3.05, 3.63) is 0 Å². The van der Waals surface area contributed by atoms with Crippen molar-refractivity contribution >= 4 is 10.2 Å². The minimum atomic E-state index is -4.54. The number of rotatable bonds is 6. The van der Waals surface area contributed by atoms with Gasteiger partial charge in [-0.1, -0.05) is 6.92 Å². The van der Waals surface area contributed by atoms with E-state index >= 15 is 0 Å². The zero-order valence-corrected chi connectivity index (χ0v) is 11.6. The number of nitrogens with one attached hydrogen (secondary N) is 2. The number of hydrogen-bond donors (Lipinski definition) is 2. The monoisotopic (exact) mass is 303 g/mol. The van der Waals surface area contributed by atoms with Crippen molar-refractivity contribution in [3.8, 4) is 0 Å². The summed E-state index contributed by atoms with van der Waals surface area (Å²) < 4.78 is 62.3. The summed E-state index contributed by atoms with van der Waals surface area (Å²) in [5.41, 5.74) is 0. The molecule has 0 aromatic heterocycles. The maximum Gasteiger partial charge on any atom is 0.402 e. The van der Waals surface area contributed by atoms with E-state index in [-0.39, 0.29) is 19.1 Å². The zero-order valence-electron chi connectivity index (χ0n) is 10.8. The van der Waals surface area contributed by atoms with Gasteiger partial charge in [-0.05, 0) is 25.8 Å². The summed E-state index contributed by atoms with van der Waals surface area (Å²) in [6, 6.07) is 0.0103. The minimum absolute atomic E-state index is 0.0103. The Balaban J connectivity index is 2.53. The van der Waals surface area contributed by atoms with Gasteiger partial charge >= 0.3 is 6.18 Å². The van der Waals surface area contributed by atoms with Gasteiger partial charge in [-0.2, -0.15) is 30.6 Å². The molecule has 1 aliphatic heterocycles. The average Bonchev–Trinajstić information content (AvgIpc) is 2.34. The quantitative estimate of drug-likeness (QED) is 0.764. The van der Waals surface area contributed by atoms with Crippen molar-refractivity contribution in [3.63, 3.8) is 0 Å². The summed E-state index contributed by atoms with van der Waals surface area (Å²) in [4.78, 5) is 0. The summed E-state index contributed by atoms with van der Waals surface area (Å²) >= 11 is 0. The van der Waals surface area contributed by atoms with E-state index in [1.54, 1.807) is 4.72 Å². The van der Waals surface area contributed by atoms with Crippen molar-refractivity contribution in [2.45, 2.75) is 38.4 Å². The molecule has 19 heavy (non-hydrogen) atoms. The zero-order chi connectivity index (χ0) is 14.5. The molecule has 1 aliphatic rings. The second kappa shape index (κ2) is 6.87. The van der Waals surface area contributed by atoms with Crippen molar-refractivity contribution in [2.75, 3.05) is 26.2 Å². The Kier molecular flexibility index (Phi) is 6.03. The van der Waals surface area contributed by atoms with Crippen LogP contribution in [0.2, 0.25) is 0 Å². The molecule has 0 radical (unpaired) electrons. The van der Waals surface area contributed by atoms with E-state index in [1.807, 2.05) is 6.92 Å². The molecule has 9 heteroatoms. The smallest absolute Gasteiger partial charge is 0.313 e. The molecule has 0 aromatic carbocycles. The van der Waals surface area contributed by atoms with Crippen LogP contribution in [0.15, 0.2) is 0 Å². The SMILES string of the molecule is CCCNC1CCCN(S(=O)(=O)NCC(F)(F)F)C1. The fourth-order valence-corrected chi connectivity index (χ4v) is 3.21. The Morgan fingerprint density at radius 1 is 1.37 bits per heavy atom. The topological polar surface area (TPSA) is 61.4 Å². The van der Waals surface area contributed by atoms with Crippen molar-refractivity contribution in [1.82, 2.24) is 14.3 Å². The predicted octanol–water partition coefficient (Wildman–Crippen LogP) is 0.847. The van der Waals surface area contributed by atoms with Gasteiger partial charge in [0.25, 0.3) is 10.2 Å². The molecule has 0 spiro atoms. The number of nitrogens with zero attached hydrogens (tertiary/aromatic N) is 1. The molecule has 1 heterocycles. The first-order valence-electron chi connectivity index (χ1n) is 6.29. The van der Waals surface area contributed by atoms with Gasteiger partial charge in [-0.3, -0.25) is 0 Å². The van der Waals surface area contributed by atoms with Crippen LogP contribution in [0.3, 0.4) is 0 Å². The summed E-state index contributed by atoms with van der Waals surface area (Å²) in [7, 11) is -4.05. The van der Waals surface area contributed by atoms with Crippen molar-refractivity contribution in [2.24, 2.45) is 0 Å². The van der Waals surface area contributed by atoms with Gasteiger partial charge in [0, 0.05) is 19.1 Å². The lowest BCUT2D eigenvalue weighted by Crippen LogP contribution is -2.52. The fraction of sp³-hybridized carbons (Fsp3) is 1.00. The van der Waals surface area contributed by atoms with Crippen LogP contribution in [-0.4, -0.2) is 51.1 Å². The molecule has 0 saturated carbocycles. The minimum Gasteiger partial charge on any atom is -0.313 e. The molecule has 1 rings (SSSR count). The Hall–Kier alpha value is -0.380. The number of piperidine rings is 1. The van der Waals surface area contributed by atoms with Crippen molar-refractivity contribution in [1.29, 1.82) is 0 Å². The third kappa shape index (κ3) is 6.07. The largest absolute Gasteiger partial charge is 0.402 e. The highest BCUT2D eigenvalue weighted by molar-refractivity contribution is 7.87. The average molecular weight is 303 g/mol. The van der Waals surface area contributed by atoms with Gasteiger partial charge in [-0.15, -0.1) is 0 Å². The van der Waals surface area contributed by atoms with Crippen LogP contribution < -0.4 is 10.0 Å².